The third-order valence-corrected chi connectivity index (χ3v) is 5.81. The van der Waals surface area contributed by atoms with Crippen molar-refractivity contribution in [2.24, 2.45) is 12.0 Å². The van der Waals surface area contributed by atoms with Crippen LogP contribution in [0.15, 0.2) is 4.99 Å². The van der Waals surface area contributed by atoms with Crippen molar-refractivity contribution in [1.29, 1.82) is 0 Å². The fraction of sp³-hybridized carbons (Fsp3) is 0.800. The molecule has 0 aliphatic carbocycles. The summed E-state index contributed by atoms with van der Waals surface area (Å²) in [5, 5.41) is 11.4. The van der Waals surface area contributed by atoms with E-state index in [0.29, 0.717) is 12.6 Å². The molecule has 1 aromatic rings. The smallest absolute Gasteiger partial charge is 0.191 e. The molecule has 0 radical (unpaired) electrons. The third-order valence-electron chi connectivity index (χ3n) is 5.81. The predicted octanol–water partition coefficient (Wildman–Crippen LogP) is 2.00. The summed E-state index contributed by atoms with van der Waals surface area (Å²) in [6.07, 6.45) is 3.72. The number of guanidine groups is 1. The van der Waals surface area contributed by atoms with Gasteiger partial charge in [-0.25, -0.2) is 0 Å². The number of aliphatic imine (C=N–C) groups is 1. The minimum atomic E-state index is 0. The molecule has 2 aliphatic rings. The number of hydrogen-bond donors (Lipinski definition) is 2. The highest BCUT2D eigenvalue weighted by Crippen LogP contribution is 2.22. The molecule has 2 saturated heterocycles. The summed E-state index contributed by atoms with van der Waals surface area (Å²) in [4.78, 5) is 7.37. The van der Waals surface area contributed by atoms with Gasteiger partial charge in [0, 0.05) is 37.9 Å². The number of aromatic nitrogens is 2. The lowest BCUT2D eigenvalue weighted by atomic mass is 10.1. The van der Waals surface area contributed by atoms with E-state index in [1.807, 2.05) is 11.7 Å². The molecule has 7 nitrogen and oxygen atoms in total. The molecular formula is C20H37IN6O. The topological polar surface area (TPSA) is 66.7 Å². The fourth-order valence-corrected chi connectivity index (χ4v) is 4.21. The first kappa shape index (κ1) is 23.4. The molecule has 0 spiro atoms. The molecule has 1 aromatic heterocycles. The van der Waals surface area contributed by atoms with Crippen LogP contribution in [-0.4, -0.2) is 71.6 Å². The zero-order chi connectivity index (χ0) is 19.4. The SMILES string of the molecule is CCNC(=NCC1CN2CCCC2CO1)NC(C)Cc1c(C)nn(C)c1C.I. The lowest BCUT2D eigenvalue weighted by Crippen LogP contribution is -2.48. The maximum absolute atomic E-state index is 6.04. The molecule has 2 N–H and O–H groups in total. The van der Waals surface area contributed by atoms with Gasteiger partial charge in [0.2, 0.25) is 0 Å². The molecule has 0 aromatic carbocycles. The number of nitrogens with one attached hydrogen (secondary N) is 2. The average Bonchev–Trinajstić information content (AvgIpc) is 3.19. The van der Waals surface area contributed by atoms with Crippen LogP contribution in [0, 0.1) is 13.8 Å². The minimum absolute atomic E-state index is 0. The third kappa shape index (κ3) is 5.82. The lowest BCUT2D eigenvalue weighted by molar-refractivity contribution is -0.0432. The number of nitrogens with zero attached hydrogens (tertiary/aromatic N) is 4. The maximum atomic E-state index is 6.04. The molecule has 2 aliphatic heterocycles. The van der Waals surface area contributed by atoms with E-state index in [1.54, 1.807) is 0 Å². The Balaban J connectivity index is 0.00000280. The van der Waals surface area contributed by atoms with Gasteiger partial charge in [-0.15, -0.1) is 24.0 Å². The molecular weight excluding hydrogens is 467 g/mol. The molecule has 3 heterocycles. The molecule has 0 amide bonds. The number of morpholine rings is 1. The number of halogens is 1. The molecule has 8 heteroatoms. The summed E-state index contributed by atoms with van der Waals surface area (Å²) < 4.78 is 8.00. The Labute approximate surface area is 186 Å². The van der Waals surface area contributed by atoms with Gasteiger partial charge in [0.05, 0.1) is 24.9 Å². The van der Waals surface area contributed by atoms with Crippen molar-refractivity contribution in [1.82, 2.24) is 25.3 Å². The summed E-state index contributed by atoms with van der Waals surface area (Å²) in [6, 6.07) is 0.919. The Morgan fingerprint density at radius 1 is 1.39 bits per heavy atom. The molecule has 3 rings (SSSR count). The molecule has 0 bridgehead atoms. The van der Waals surface area contributed by atoms with E-state index in [1.165, 1.54) is 30.6 Å². The van der Waals surface area contributed by atoms with Gasteiger partial charge in [0.1, 0.15) is 0 Å². The van der Waals surface area contributed by atoms with Crippen LogP contribution < -0.4 is 10.6 Å². The van der Waals surface area contributed by atoms with Crippen LogP contribution in [0.2, 0.25) is 0 Å². The van der Waals surface area contributed by atoms with Gasteiger partial charge in [-0.3, -0.25) is 14.6 Å². The Kier molecular flexibility index (Phi) is 9.01. The van der Waals surface area contributed by atoms with E-state index < -0.39 is 0 Å². The highest BCUT2D eigenvalue weighted by atomic mass is 127. The Hall–Kier alpha value is -0.870. The fourth-order valence-electron chi connectivity index (χ4n) is 4.21. The number of fused-ring (bicyclic) bond motifs is 1. The second-order valence-corrected chi connectivity index (χ2v) is 7.99. The first-order valence-corrected chi connectivity index (χ1v) is 10.4. The van der Waals surface area contributed by atoms with Crippen molar-refractivity contribution in [3.05, 3.63) is 17.0 Å². The predicted molar refractivity (Wildman–Crippen MR) is 125 cm³/mol. The highest BCUT2D eigenvalue weighted by molar-refractivity contribution is 14.0. The van der Waals surface area contributed by atoms with Crippen LogP contribution in [0.4, 0.5) is 0 Å². The highest BCUT2D eigenvalue weighted by Gasteiger charge is 2.32. The summed E-state index contributed by atoms with van der Waals surface area (Å²) >= 11 is 0. The zero-order valence-corrected chi connectivity index (χ0v) is 20.3. The monoisotopic (exact) mass is 504 g/mol. The van der Waals surface area contributed by atoms with Gasteiger partial charge in [-0.05, 0) is 59.1 Å². The summed E-state index contributed by atoms with van der Waals surface area (Å²) in [7, 11) is 2.00. The van der Waals surface area contributed by atoms with E-state index in [0.717, 1.165) is 37.8 Å². The van der Waals surface area contributed by atoms with Crippen molar-refractivity contribution in [3.63, 3.8) is 0 Å². The molecule has 3 atom stereocenters. The number of rotatable bonds is 6. The Morgan fingerprint density at radius 2 is 2.18 bits per heavy atom. The van der Waals surface area contributed by atoms with Crippen molar-refractivity contribution in [2.75, 3.05) is 32.8 Å². The van der Waals surface area contributed by atoms with E-state index in [4.69, 9.17) is 9.73 Å². The Bertz CT molecular complexity index is 661. The minimum Gasteiger partial charge on any atom is -0.373 e. The van der Waals surface area contributed by atoms with E-state index in [2.05, 4.69) is 48.3 Å². The number of ether oxygens (including phenoxy) is 1. The van der Waals surface area contributed by atoms with Gasteiger partial charge >= 0.3 is 0 Å². The van der Waals surface area contributed by atoms with Crippen LogP contribution in [0.1, 0.15) is 43.6 Å². The van der Waals surface area contributed by atoms with Crippen molar-refractivity contribution in [2.45, 2.75) is 65.1 Å². The first-order chi connectivity index (χ1) is 13.0. The quantitative estimate of drug-likeness (QED) is 0.353. The standard InChI is InChI=1S/C20H36N6O.HI/c1-6-21-20(22-11-18-12-26-9-7-8-17(26)13-27-18)23-14(2)10-19-15(3)24-25(5)16(19)4;/h14,17-18H,6-13H2,1-5H3,(H2,21,22,23);1H. The van der Waals surface area contributed by atoms with Crippen LogP contribution in [0.25, 0.3) is 0 Å². The second kappa shape index (κ2) is 10.8. The first-order valence-electron chi connectivity index (χ1n) is 10.4. The largest absolute Gasteiger partial charge is 0.373 e. The summed E-state index contributed by atoms with van der Waals surface area (Å²) in [5.41, 5.74) is 3.67. The van der Waals surface area contributed by atoms with Crippen molar-refractivity contribution in [3.8, 4) is 0 Å². The van der Waals surface area contributed by atoms with Crippen molar-refractivity contribution < 1.29 is 4.74 Å². The van der Waals surface area contributed by atoms with Gasteiger partial charge in [0.25, 0.3) is 0 Å². The maximum Gasteiger partial charge on any atom is 0.191 e. The van der Waals surface area contributed by atoms with Gasteiger partial charge in [-0.2, -0.15) is 5.10 Å². The van der Waals surface area contributed by atoms with Crippen LogP contribution in [0.5, 0.6) is 0 Å². The van der Waals surface area contributed by atoms with Crippen molar-refractivity contribution >= 4 is 29.9 Å². The molecule has 160 valence electrons. The summed E-state index contributed by atoms with van der Waals surface area (Å²) in [6.45, 7) is 13.2. The molecule has 3 unspecified atom stereocenters. The second-order valence-electron chi connectivity index (χ2n) is 7.99. The Morgan fingerprint density at radius 3 is 2.86 bits per heavy atom. The average molecular weight is 504 g/mol. The van der Waals surface area contributed by atoms with Gasteiger partial charge in [-0.1, -0.05) is 0 Å². The van der Waals surface area contributed by atoms with Gasteiger partial charge in [0.15, 0.2) is 5.96 Å². The van der Waals surface area contributed by atoms with E-state index in [9.17, 15) is 0 Å². The van der Waals surface area contributed by atoms with E-state index in [-0.39, 0.29) is 36.1 Å². The zero-order valence-electron chi connectivity index (χ0n) is 18.0. The van der Waals surface area contributed by atoms with Crippen LogP contribution in [0.3, 0.4) is 0 Å². The molecule has 0 saturated carbocycles. The van der Waals surface area contributed by atoms with E-state index >= 15 is 0 Å². The van der Waals surface area contributed by atoms with Gasteiger partial charge < -0.3 is 15.4 Å². The summed E-state index contributed by atoms with van der Waals surface area (Å²) in [5.74, 6) is 0.872. The molecule has 2 fully saturated rings. The lowest BCUT2D eigenvalue weighted by Gasteiger charge is -2.34. The normalized spacial score (nSPS) is 23.8. The van der Waals surface area contributed by atoms with Crippen LogP contribution >= 0.6 is 24.0 Å². The van der Waals surface area contributed by atoms with Crippen LogP contribution in [-0.2, 0) is 18.2 Å². The number of hydrogen-bond acceptors (Lipinski definition) is 4. The number of aryl methyl sites for hydroxylation is 2. The molecule has 28 heavy (non-hydrogen) atoms.